The van der Waals surface area contributed by atoms with Gasteiger partial charge in [0.1, 0.15) is 11.5 Å². The van der Waals surface area contributed by atoms with Gasteiger partial charge < -0.3 is 20.3 Å². The van der Waals surface area contributed by atoms with E-state index < -0.39 is 5.91 Å². The number of aromatic nitrogens is 3. The number of anilines is 1. The van der Waals surface area contributed by atoms with Crippen molar-refractivity contribution in [1.82, 2.24) is 15.1 Å². The Kier molecular flexibility index (Phi) is 5.77. The molecule has 32 heavy (non-hydrogen) atoms. The maximum Gasteiger partial charge on any atom is 0.221 e. The van der Waals surface area contributed by atoms with Gasteiger partial charge in [0.05, 0.1) is 42.0 Å². The topological polar surface area (TPSA) is 116 Å². The number of carbonyl (C=O) groups excluding carboxylic acids is 1. The predicted octanol–water partition coefficient (Wildman–Crippen LogP) is 4.11. The molecule has 8 nitrogen and oxygen atoms in total. The average molecular weight is 431 g/mol. The summed E-state index contributed by atoms with van der Waals surface area (Å²) in [6.45, 7) is 5.77. The standard InChI is InChI=1S/C24H25N5O3/c1-13(19-7-5-6-8-26-19)28-24-16(9-22(25)30)12-27-20-10-18(21(31-4)11-17(20)24)23-14(2)29-32-15(23)3/h5-8,10-13H,9H2,1-4H3,(H2,25,30)(H,27,28). The van der Waals surface area contributed by atoms with E-state index in [1.54, 1.807) is 19.5 Å². The molecule has 0 fully saturated rings. The number of amides is 1. The number of nitrogens with one attached hydrogen (secondary N) is 1. The molecule has 3 heterocycles. The third kappa shape index (κ3) is 3.99. The van der Waals surface area contributed by atoms with Crippen molar-refractivity contribution in [2.75, 3.05) is 12.4 Å². The quantitative estimate of drug-likeness (QED) is 0.452. The third-order valence-corrected chi connectivity index (χ3v) is 5.43. The van der Waals surface area contributed by atoms with Crippen LogP contribution in [0.3, 0.4) is 0 Å². The molecule has 0 aliphatic carbocycles. The van der Waals surface area contributed by atoms with E-state index in [0.717, 1.165) is 39.1 Å². The minimum atomic E-state index is -0.431. The summed E-state index contributed by atoms with van der Waals surface area (Å²) in [4.78, 5) is 20.8. The van der Waals surface area contributed by atoms with Gasteiger partial charge in [-0.3, -0.25) is 14.8 Å². The zero-order valence-corrected chi connectivity index (χ0v) is 18.5. The van der Waals surface area contributed by atoms with Crippen molar-refractivity contribution in [2.24, 2.45) is 5.73 Å². The molecule has 0 aliphatic heterocycles. The lowest BCUT2D eigenvalue weighted by atomic mass is 9.98. The molecule has 3 N–H and O–H groups in total. The number of methoxy groups -OCH3 is 1. The number of nitrogens with two attached hydrogens (primary N) is 1. The smallest absolute Gasteiger partial charge is 0.221 e. The normalized spacial score (nSPS) is 12.0. The first-order valence-corrected chi connectivity index (χ1v) is 10.3. The Hall–Kier alpha value is -3.94. The monoisotopic (exact) mass is 431 g/mol. The Bertz CT molecular complexity index is 1260. The van der Waals surface area contributed by atoms with E-state index in [1.165, 1.54) is 0 Å². The highest BCUT2D eigenvalue weighted by Crippen LogP contribution is 2.40. The van der Waals surface area contributed by atoms with E-state index in [4.69, 9.17) is 15.0 Å². The van der Waals surface area contributed by atoms with Gasteiger partial charge in [0.25, 0.3) is 0 Å². The molecule has 1 amide bonds. The van der Waals surface area contributed by atoms with Gasteiger partial charge in [-0.25, -0.2) is 0 Å². The van der Waals surface area contributed by atoms with Crippen LogP contribution in [0, 0.1) is 13.8 Å². The molecule has 4 rings (SSSR count). The fourth-order valence-corrected chi connectivity index (χ4v) is 3.91. The number of nitrogens with zero attached hydrogens (tertiary/aromatic N) is 3. The zero-order chi connectivity index (χ0) is 22.8. The molecule has 0 bridgehead atoms. The van der Waals surface area contributed by atoms with E-state index >= 15 is 0 Å². The van der Waals surface area contributed by atoms with Gasteiger partial charge in [-0.15, -0.1) is 0 Å². The maximum atomic E-state index is 11.7. The summed E-state index contributed by atoms with van der Waals surface area (Å²) < 4.78 is 11.1. The van der Waals surface area contributed by atoms with Crippen molar-refractivity contribution in [2.45, 2.75) is 33.2 Å². The van der Waals surface area contributed by atoms with Crippen LogP contribution in [0.25, 0.3) is 22.0 Å². The van der Waals surface area contributed by atoms with Crippen LogP contribution in [0.2, 0.25) is 0 Å². The molecule has 1 aromatic carbocycles. The summed E-state index contributed by atoms with van der Waals surface area (Å²) >= 11 is 0. The second kappa shape index (κ2) is 8.66. The number of fused-ring (bicyclic) bond motifs is 1. The number of ether oxygens (including phenoxy) is 1. The lowest BCUT2D eigenvalue weighted by Gasteiger charge is -2.20. The van der Waals surface area contributed by atoms with Crippen LogP contribution in [-0.4, -0.2) is 28.1 Å². The highest BCUT2D eigenvalue weighted by atomic mass is 16.5. The Morgan fingerprint density at radius 3 is 2.69 bits per heavy atom. The number of hydrogen-bond donors (Lipinski definition) is 2. The Morgan fingerprint density at radius 1 is 1.25 bits per heavy atom. The van der Waals surface area contributed by atoms with Crippen molar-refractivity contribution in [3.05, 3.63) is 65.4 Å². The molecule has 3 aromatic heterocycles. The first kappa shape index (κ1) is 21.3. The number of benzene rings is 1. The molecule has 4 aromatic rings. The highest BCUT2D eigenvalue weighted by Gasteiger charge is 2.21. The molecule has 0 aliphatic rings. The van der Waals surface area contributed by atoms with Crippen LogP contribution in [0.1, 0.15) is 35.7 Å². The van der Waals surface area contributed by atoms with Crippen molar-refractivity contribution in [3.8, 4) is 16.9 Å². The second-order valence-electron chi connectivity index (χ2n) is 7.69. The molecule has 8 heteroatoms. The molecule has 164 valence electrons. The maximum absolute atomic E-state index is 11.7. The van der Waals surface area contributed by atoms with E-state index in [9.17, 15) is 4.79 Å². The fourth-order valence-electron chi connectivity index (χ4n) is 3.91. The molecule has 1 unspecified atom stereocenters. The average Bonchev–Trinajstić information content (AvgIpc) is 3.12. The summed E-state index contributed by atoms with van der Waals surface area (Å²) in [6.07, 6.45) is 3.50. The lowest BCUT2D eigenvalue weighted by Crippen LogP contribution is -2.17. The molecule has 1 atom stereocenters. The first-order chi connectivity index (χ1) is 15.4. The van der Waals surface area contributed by atoms with Crippen molar-refractivity contribution >= 4 is 22.5 Å². The van der Waals surface area contributed by atoms with Gasteiger partial charge in [0, 0.05) is 34.6 Å². The highest BCUT2D eigenvalue weighted by molar-refractivity contribution is 5.99. The number of primary amides is 1. The lowest BCUT2D eigenvalue weighted by molar-refractivity contribution is -0.117. The van der Waals surface area contributed by atoms with Gasteiger partial charge in [-0.2, -0.15) is 0 Å². The van der Waals surface area contributed by atoms with Crippen molar-refractivity contribution < 1.29 is 14.1 Å². The van der Waals surface area contributed by atoms with Gasteiger partial charge in [-0.05, 0) is 45.0 Å². The summed E-state index contributed by atoms with van der Waals surface area (Å²) in [5.74, 6) is 0.921. The molecule has 0 saturated heterocycles. The summed E-state index contributed by atoms with van der Waals surface area (Å²) in [7, 11) is 1.62. The second-order valence-corrected chi connectivity index (χ2v) is 7.69. The number of hydrogen-bond acceptors (Lipinski definition) is 7. The van der Waals surface area contributed by atoms with Crippen LogP contribution in [0.5, 0.6) is 5.75 Å². The number of aryl methyl sites for hydroxylation is 2. The molecule has 0 spiro atoms. The van der Waals surface area contributed by atoms with Gasteiger partial charge in [-0.1, -0.05) is 11.2 Å². The van der Waals surface area contributed by atoms with Gasteiger partial charge in [0.15, 0.2) is 0 Å². The minimum Gasteiger partial charge on any atom is -0.496 e. The van der Waals surface area contributed by atoms with Crippen LogP contribution in [0.15, 0.2) is 47.2 Å². The molecule has 0 radical (unpaired) electrons. The van der Waals surface area contributed by atoms with Gasteiger partial charge in [0.2, 0.25) is 5.91 Å². The summed E-state index contributed by atoms with van der Waals surface area (Å²) in [5.41, 5.74) is 11.1. The largest absolute Gasteiger partial charge is 0.496 e. The number of carbonyl (C=O) groups is 1. The van der Waals surface area contributed by atoms with E-state index in [-0.39, 0.29) is 12.5 Å². The summed E-state index contributed by atoms with van der Waals surface area (Å²) in [5, 5.41) is 8.39. The summed E-state index contributed by atoms with van der Waals surface area (Å²) in [6, 6.07) is 9.52. The Morgan fingerprint density at radius 2 is 2.06 bits per heavy atom. The van der Waals surface area contributed by atoms with Crippen molar-refractivity contribution in [1.29, 1.82) is 0 Å². The Balaban J connectivity index is 1.90. The number of pyridine rings is 2. The van der Waals surface area contributed by atoms with E-state index in [2.05, 4.69) is 20.4 Å². The SMILES string of the molecule is COc1cc2c(NC(C)c3ccccn3)c(CC(N)=O)cnc2cc1-c1c(C)noc1C. The van der Waals surface area contributed by atoms with Crippen LogP contribution in [0.4, 0.5) is 5.69 Å². The molecule has 0 saturated carbocycles. The van der Waals surface area contributed by atoms with E-state index in [0.29, 0.717) is 17.1 Å². The zero-order valence-electron chi connectivity index (χ0n) is 18.5. The van der Waals surface area contributed by atoms with Crippen molar-refractivity contribution in [3.63, 3.8) is 0 Å². The van der Waals surface area contributed by atoms with Crippen LogP contribution in [-0.2, 0) is 11.2 Å². The fraction of sp³-hybridized carbons (Fsp3) is 0.250. The first-order valence-electron chi connectivity index (χ1n) is 10.3. The van der Waals surface area contributed by atoms with Crippen LogP contribution >= 0.6 is 0 Å². The van der Waals surface area contributed by atoms with Crippen LogP contribution < -0.4 is 15.8 Å². The molecular weight excluding hydrogens is 406 g/mol. The Labute approximate surface area is 185 Å². The third-order valence-electron chi connectivity index (χ3n) is 5.43. The van der Waals surface area contributed by atoms with Gasteiger partial charge >= 0.3 is 0 Å². The van der Waals surface area contributed by atoms with E-state index in [1.807, 2.05) is 51.1 Å². The molecular formula is C24H25N5O3. The predicted molar refractivity (Wildman–Crippen MR) is 122 cm³/mol. The number of rotatable bonds is 7. The minimum absolute atomic E-state index is 0.0636.